The third kappa shape index (κ3) is 2.22. The van der Waals surface area contributed by atoms with Crippen LogP contribution in [0.15, 0.2) is 46.6 Å². The summed E-state index contributed by atoms with van der Waals surface area (Å²) in [6.45, 7) is 2.19. The number of carbonyl (C=O) groups excluding carboxylic acids is 1. The van der Waals surface area contributed by atoms with Crippen molar-refractivity contribution in [1.82, 2.24) is 0 Å². The molecule has 3 aliphatic rings. The Bertz CT molecular complexity index is 892. The summed E-state index contributed by atoms with van der Waals surface area (Å²) in [4.78, 5) is 13.2. The zero-order valence-electron chi connectivity index (χ0n) is 15.1. The van der Waals surface area contributed by atoms with Gasteiger partial charge in [0.1, 0.15) is 11.5 Å². The van der Waals surface area contributed by atoms with Gasteiger partial charge in [-0.2, -0.15) is 0 Å². The number of aromatic hydroxyl groups is 1. The van der Waals surface area contributed by atoms with Crippen LogP contribution < -0.4 is 0 Å². The predicted octanol–water partition coefficient (Wildman–Crippen LogP) is 5.10. The Morgan fingerprint density at radius 3 is 2.96 bits per heavy atom. The lowest BCUT2D eigenvalue weighted by Crippen LogP contribution is -2.42. The van der Waals surface area contributed by atoms with E-state index in [-0.39, 0.29) is 5.41 Å². The predicted molar refractivity (Wildman–Crippen MR) is 99.8 cm³/mol. The molecule has 2 fully saturated rings. The molecular weight excluding hydrogens is 324 g/mol. The Labute approximate surface area is 153 Å². The number of hydrogen-bond acceptors (Lipinski definition) is 3. The summed E-state index contributed by atoms with van der Waals surface area (Å²) in [5.74, 6) is 2.95. The van der Waals surface area contributed by atoms with Crippen LogP contribution in [0.2, 0.25) is 0 Å². The van der Waals surface area contributed by atoms with E-state index < -0.39 is 0 Å². The molecule has 5 rings (SSSR count). The number of phenolic OH excluding ortho intramolecular Hbond substituents is 1. The molecule has 0 amide bonds. The monoisotopic (exact) mass is 348 g/mol. The van der Waals surface area contributed by atoms with E-state index in [2.05, 4.69) is 13.0 Å². The van der Waals surface area contributed by atoms with Crippen molar-refractivity contribution in [3.63, 3.8) is 0 Å². The second-order valence-electron chi connectivity index (χ2n) is 8.47. The van der Waals surface area contributed by atoms with Crippen LogP contribution in [-0.2, 0) is 11.2 Å². The summed E-state index contributed by atoms with van der Waals surface area (Å²) >= 11 is 0. The molecule has 2 saturated carbocycles. The first-order valence-electron chi connectivity index (χ1n) is 9.67. The van der Waals surface area contributed by atoms with Gasteiger partial charge < -0.3 is 9.52 Å². The van der Waals surface area contributed by atoms with Crippen molar-refractivity contribution in [3.8, 4) is 5.75 Å². The highest BCUT2D eigenvalue weighted by atomic mass is 16.3. The Kier molecular flexibility index (Phi) is 3.43. The molecular formula is C23H24O3. The van der Waals surface area contributed by atoms with Crippen LogP contribution >= 0.6 is 0 Å². The van der Waals surface area contributed by atoms with Crippen molar-refractivity contribution in [2.45, 2.75) is 44.9 Å². The minimum absolute atomic E-state index is 0.228. The molecule has 4 atom stereocenters. The SMILES string of the molecule is CC12CCC3c4ccc(O)cc4CCC3C1CC(=Cc1ccco1)C2=O. The maximum absolute atomic E-state index is 13.2. The van der Waals surface area contributed by atoms with Gasteiger partial charge >= 0.3 is 0 Å². The highest BCUT2D eigenvalue weighted by Gasteiger charge is 2.56. The van der Waals surface area contributed by atoms with Gasteiger partial charge in [-0.15, -0.1) is 0 Å². The Morgan fingerprint density at radius 2 is 2.15 bits per heavy atom. The van der Waals surface area contributed by atoms with Crippen LogP contribution in [0.4, 0.5) is 0 Å². The van der Waals surface area contributed by atoms with Gasteiger partial charge in [0.15, 0.2) is 5.78 Å². The van der Waals surface area contributed by atoms with E-state index in [0.717, 1.165) is 43.4 Å². The van der Waals surface area contributed by atoms with Gasteiger partial charge in [0.05, 0.1) is 6.26 Å². The molecule has 1 N–H and O–H groups in total. The van der Waals surface area contributed by atoms with Crippen molar-refractivity contribution in [2.24, 2.45) is 17.3 Å². The molecule has 4 unspecified atom stereocenters. The van der Waals surface area contributed by atoms with Gasteiger partial charge in [-0.3, -0.25) is 4.79 Å². The third-order valence-electron chi connectivity index (χ3n) is 7.21. The molecule has 0 spiro atoms. The molecule has 134 valence electrons. The van der Waals surface area contributed by atoms with E-state index in [1.165, 1.54) is 11.1 Å². The second-order valence-corrected chi connectivity index (χ2v) is 8.47. The fraction of sp³-hybridized carbons (Fsp3) is 0.435. The van der Waals surface area contributed by atoms with Gasteiger partial charge in [-0.1, -0.05) is 13.0 Å². The van der Waals surface area contributed by atoms with Crippen LogP contribution in [0, 0.1) is 17.3 Å². The summed E-state index contributed by atoms with van der Waals surface area (Å²) < 4.78 is 5.44. The summed E-state index contributed by atoms with van der Waals surface area (Å²) in [5.41, 5.74) is 3.40. The maximum Gasteiger partial charge on any atom is 0.165 e. The van der Waals surface area contributed by atoms with Crippen LogP contribution in [0.5, 0.6) is 5.75 Å². The van der Waals surface area contributed by atoms with Gasteiger partial charge in [0, 0.05) is 5.41 Å². The van der Waals surface area contributed by atoms with Crippen molar-refractivity contribution in [1.29, 1.82) is 0 Å². The van der Waals surface area contributed by atoms with Crippen molar-refractivity contribution >= 4 is 11.9 Å². The van der Waals surface area contributed by atoms with E-state index in [1.807, 2.05) is 30.3 Å². The molecule has 3 nitrogen and oxygen atoms in total. The number of allylic oxidation sites excluding steroid dienone is 1. The number of benzene rings is 1. The molecule has 0 radical (unpaired) electrons. The Hall–Kier alpha value is -2.29. The first kappa shape index (κ1) is 15.9. The molecule has 0 bridgehead atoms. The fourth-order valence-corrected chi connectivity index (χ4v) is 5.91. The standard InChI is InChI=1S/C23H24O3/c1-23-9-8-19-18-7-5-16(24)11-14(18)4-6-20(19)21(23)13-15(22(23)25)12-17-3-2-10-26-17/h2-3,5,7,10-12,19-21,24H,4,6,8-9,13H2,1H3. The van der Waals surface area contributed by atoms with Gasteiger partial charge in [-0.25, -0.2) is 0 Å². The number of phenols is 1. The number of fused-ring (bicyclic) bond motifs is 5. The highest BCUT2D eigenvalue weighted by molar-refractivity contribution is 6.05. The number of ketones is 1. The van der Waals surface area contributed by atoms with Crippen LogP contribution in [-0.4, -0.2) is 10.9 Å². The summed E-state index contributed by atoms with van der Waals surface area (Å²) in [7, 11) is 0. The van der Waals surface area contributed by atoms with Gasteiger partial charge in [0.2, 0.25) is 0 Å². The van der Waals surface area contributed by atoms with E-state index >= 15 is 0 Å². The number of carbonyl (C=O) groups is 1. The van der Waals surface area contributed by atoms with Gasteiger partial charge in [-0.05, 0) is 96.9 Å². The normalized spacial score (nSPS) is 34.4. The lowest BCUT2D eigenvalue weighted by molar-refractivity contribution is -0.127. The van der Waals surface area contributed by atoms with Crippen LogP contribution in [0.3, 0.4) is 0 Å². The smallest absolute Gasteiger partial charge is 0.165 e. The van der Waals surface area contributed by atoms with E-state index in [1.54, 1.807) is 6.26 Å². The van der Waals surface area contributed by atoms with Gasteiger partial charge in [0.25, 0.3) is 0 Å². The van der Waals surface area contributed by atoms with E-state index in [0.29, 0.717) is 29.3 Å². The topological polar surface area (TPSA) is 50.4 Å². The average Bonchev–Trinajstić information content (AvgIpc) is 3.23. The number of furan rings is 1. The van der Waals surface area contributed by atoms with Crippen molar-refractivity contribution in [3.05, 3.63) is 59.1 Å². The maximum atomic E-state index is 13.2. The number of rotatable bonds is 1. The lowest BCUT2D eigenvalue weighted by atomic mass is 9.55. The zero-order chi connectivity index (χ0) is 17.9. The summed E-state index contributed by atoms with van der Waals surface area (Å²) in [6, 6.07) is 9.64. The molecule has 2 aromatic rings. The van der Waals surface area contributed by atoms with E-state index in [9.17, 15) is 9.90 Å². The lowest BCUT2D eigenvalue weighted by Gasteiger charge is -2.48. The summed E-state index contributed by atoms with van der Waals surface area (Å²) in [5, 5.41) is 9.81. The Morgan fingerprint density at radius 1 is 1.27 bits per heavy atom. The number of aryl methyl sites for hydroxylation is 1. The number of Topliss-reactive ketones (excluding diaryl/α,β-unsaturated/α-hetero) is 1. The first-order valence-corrected chi connectivity index (χ1v) is 9.67. The minimum atomic E-state index is -0.228. The van der Waals surface area contributed by atoms with Crippen molar-refractivity contribution < 1.29 is 14.3 Å². The quantitative estimate of drug-likeness (QED) is 0.729. The molecule has 0 aliphatic heterocycles. The number of hydrogen-bond donors (Lipinski definition) is 1. The van der Waals surface area contributed by atoms with Crippen LogP contribution in [0.1, 0.15) is 55.4 Å². The molecule has 0 saturated heterocycles. The summed E-state index contributed by atoms with van der Waals surface area (Å²) in [6.07, 6.45) is 8.61. The molecule has 3 heteroatoms. The van der Waals surface area contributed by atoms with Crippen molar-refractivity contribution in [2.75, 3.05) is 0 Å². The Balaban J connectivity index is 1.51. The molecule has 1 aromatic heterocycles. The highest BCUT2D eigenvalue weighted by Crippen LogP contribution is 2.60. The average molecular weight is 348 g/mol. The third-order valence-corrected chi connectivity index (χ3v) is 7.21. The fourth-order valence-electron chi connectivity index (χ4n) is 5.91. The largest absolute Gasteiger partial charge is 0.508 e. The minimum Gasteiger partial charge on any atom is -0.508 e. The molecule has 3 aliphatic carbocycles. The van der Waals surface area contributed by atoms with Crippen LogP contribution in [0.25, 0.3) is 6.08 Å². The zero-order valence-corrected chi connectivity index (χ0v) is 15.1. The molecule has 1 aromatic carbocycles. The van der Waals surface area contributed by atoms with E-state index in [4.69, 9.17) is 4.42 Å². The molecule has 26 heavy (non-hydrogen) atoms. The molecule has 1 heterocycles. The second kappa shape index (κ2) is 5.60. The first-order chi connectivity index (χ1) is 12.6.